The number of amides is 3. The van der Waals surface area contributed by atoms with E-state index in [1.54, 1.807) is 33.8 Å². The van der Waals surface area contributed by atoms with Crippen LogP contribution in [0.5, 0.6) is 11.5 Å². The molecule has 0 saturated heterocycles. The Kier molecular flexibility index (Phi) is 25.5. The molecule has 0 spiro atoms. The number of ketones is 2. The number of phenols is 1. The third-order valence-corrected chi connectivity index (χ3v) is 12.9. The number of benzene rings is 3. The van der Waals surface area contributed by atoms with Gasteiger partial charge in [-0.3, -0.25) is 24.5 Å². The number of esters is 1. The molecule has 1 atom stereocenters. The number of carboxylic acids is 1. The number of rotatable bonds is 27. The number of hydrogen-bond donors (Lipinski definition) is 5. The number of hydrogen-bond acceptors (Lipinski definition) is 18. The number of carbonyl (C=O) groups is 7. The first-order chi connectivity index (χ1) is 37.6. The molecule has 81 heavy (non-hydrogen) atoms. The Morgan fingerprint density at radius 3 is 2.10 bits per heavy atom. The molecule has 0 radical (unpaired) electrons. The van der Waals surface area contributed by atoms with Crippen molar-refractivity contribution in [2.24, 2.45) is 0 Å². The standard InChI is InChI=1S/C37H46F3N3O13S.C17H20O6.Fm/c1-24-8-10-27(11-9-24)57(49,50)56-33(37(38,39)40)43-35(48)54-23-26-22-29(44)31-25(6-5-7-28(31)32(26)46)12-14-41-30(45)13-16-51-18-20-53-21-19-52-17-15-42-34(47)55-36(2,3)4;1-9(5-7-13(18)19)4-6-11-15(20)14-12(8-23-17(14)21)10(2)16(11)22-3;/h5-11,22,33H,12-21,23H2,1-4H3,(H,41,45)(H,42,47)(H,43,48);4,20H,5-8H2,1-3H3,(H,18,19);/b;9-4+;. The van der Waals surface area contributed by atoms with Gasteiger partial charge in [0.1, 0.15) is 35.9 Å². The van der Waals surface area contributed by atoms with E-state index in [1.807, 2.05) is 19.9 Å². The minimum absolute atomic E-state index is 0. The van der Waals surface area contributed by atoms with E-state index in [9.17, 15) is 60.3 Å². The van der Waals surface area contributed by atoms with E-state index in [0.29, 0.717) is 54.1 Å². The molecule has 0 aromatic heterocycles. The fourth-order valence-electron chi connectivity index (χ4n) is 7.59. The maximum absolute atomic E-state index is 13.6. The molecular formula is C54H66F3FmN3O19S. The maximum Gasteiger partial charge on any atom is 0.435 e. The van der Waals surface area contributed by atoms with Gasteiger partial charge in [-0.15, -0.1) is 0 Å². The topological polar surface area (TPSA) is 304 Å². The number of carbonyl (C=O) groups excluding carboxylic acids is 6. The predicted molar refractivity (Wildman–Crippen MR) is 278 cm³/mol. The van der Waals surface area contributed by atoms with Crippen LogP contribution in [0.1, 0.15) is 106 Å². The van der Waals surface area contributed by atoms with Crippen molar-refractivity contribution in [3.8, 4) is 11.5 Å². The molecule has 2 aliphatic rings. The average molecular weight is 1410 g/mol. The van der Waals surface area contributed by atoms with E-state index in [-0.39, 0.29) is 99.3 Å². The van der Waals surface area contributed by atoms with Gasteiger partial charge in [-0.2, -0.15) is 21.6 Å². The molecule has 27 heteroatoms. The second-order valence-electron chi connectivity index (χ2n) is 18.9. The van der Waals surface area contributed by atoms with Gasteiger partial charge in [0.25, 0.3) is 10.1 Å². The normalized spacial score (nSPS) is 13.5. The maximum atomic E-state index is 13.6. The van der Waals surface area contributed by atoms with Crippen molar-refractivity contribution in [3.63, 3.8) is 0 Å². The zero-order chi connectivity index (χ0) is 59.4. The van der Waals surface area contributed by atoms with Gasteiger partial charge in [-0.05, 0) is 90.1 Å². The number of nitrogens with one attached hydrogen (secondary N) is 3. The quantitative estimate of drug-likeness (QED) is 0.0133. The van der Waals surface area contributed by atoms with Crippen molar-refractivity contribution >= 4 is 51.7 Å². The van der Waals surface area contributed by atoms with Gasteiger partial charge < -0.3 is 54.0 Å². The molecule has 450 valence electrons. The number of aromatic hydroxyl groups is 1. The molecule has 3 aromatic rings. The molecule has 5 rings (SSSR count). The van der Waals surface area contributed by atoms with Crippen molar-refractivity contribution in [2.75, 3.05) is 66.4 Å². The van der Waals surface area contributed by atoms with E-state index in [1.165, 1.54) is 36.7 Å². The smallest absolute Gasteiger partial charge is 0.435 e. The van der Waals surface area contributed by atoms with Gasteiger partial charge in [0.2, 0.25) is 12.1 Å². The molecule has 3 amide bonds. The number of ether oxygens (including phenoxy) is 7. The van der Waals surface area contributed by atoms with Crippen molar-refractivity contribution < 1.29 is 103 Å². The number of aryl methyl sites for hydroxylation is 1. The number of carboxylic acid groups (broad SMARTS) is 1. The Bertz CT molecular complexity index is 2910. The molecule has 1 aliphatic carbocycles. The molecule has 1 heterocycles. The summed E-state index contributed by atoms with van der Waals surface area (Å²) in [7, 11) is -3.46. The summed E-state index contributed by atoms with van der Waals surface area (Å²) in [6.45, 7) is 11.8. The molecule has 1 unspecified atom stereocenters. The van der Waals surface area contributed by atoms with Crippen LogP contribution in [0, 0.1) is 13.8 Å². The first kappa shape index (κ1) is 66.9. The van der Waals surface area contributed by atoms with Crippen LogP contribution in [-0.4, -0.2) is 145 Å². The second-order valence-corrected chi connectivity index (χ2v) is 20.5. The summed E-state index contributed by atoms with van der Waals surface area (Å²) < 4.78 is 106. The van der Waals surface area contributed by atoms with E-state index in [0.717, 1.165) is 29.3 Å². The number of aliphatic carboxylic acids is 1. The fourth-order valence-corrected chi connectivity index (χ4v) is 8.58. The summed E-state index contributed by atoms with van der Waals surface area (Å²) in [5.41, 5.74) is 3.22. The van der Waals surface area contributed by atoms with Gasteiger partial charge in [-0.25, -0.2) is 18.6 Å². The monoisotopic (exact) mass is 1410 g/mol. The number of allylic oxidation sites excluding steroid dienone is 3. The minimum Gasteiger partial charge on any atom is -0.507 e. The van der Waals surface area contributed by atoms with Crippen LogP contribution in [-0.2, 0) is 71.8 Å². The minimum atomic E-state index is -5.38. The Labute approximate surface area is 460 Å². The molecule has 5 N–H and O–H groups in total. The summed E-state index contributed by atoms with van der Waals surface area (Å²) in [6.07, 6.45) is -7.20. The molecule has 1 aliphatic heterocycles. The first-order valence-corrected chi connectivity index (χ1v) is 26.4. The van der Waals surface area contributed by atoms with Crippen molar-refractivity contribution in [2.45, 2.75) is 103 Å². The van der Waals surface area contributed by atoms with E-state index in [2.05, 4.69) is 14.8 Å². The number of fused-ring (bicyclic) bond motifs is 2. The summed E-state index contributed by atoms with van der Waals surface area (Å²) in [4.78, 5) is 84.2. The van der Waals surface area contributed by atoms with Crippen molar-refractivity contribution in [3.05, 3.63) is 110 Å². The number of phenolic OH excluding ortho intramolecular Hbond substituents is 1. The zero-order valence-corrected chi connectivity index (χ0v) is 48.8. The van der Waals surface area contributed by atoms with Crippen LogP contribution < -0.4 is 20.7 Å². The SMILES string of the molecule is COc1c(C)c2c(c(O)c1C/C=C(\C)CCC(=O)O)C(=O)OC2.Cc1ccc(S(=O)(=O)OC(NC(=O)OCC2=CC(=O)c3c(CCNC(=O)CCOCCOCCOCCNC(=O)OC(C)(C)C)cccc3C2=O)C(F)(F)F)cc1.[Fm]. The number of Topliss-reactive ketones (excluding diaryl/α,β-unsaturated/α-hetero) is 1. The molecular weight excluding hydrogens is 1340 g/mol. The van der Waals surface area contributed by atoms with Gasteiger partial charge in [0.05, 0.1) is 51.6 Å². The van der Waals surface area contributed by atoms with Gasteiger partial charge in [-0.1, -0.05) is 47.5 Å². The number of alkyl carbamates (subject to hydrolysis) is 2. The fraction of sp³-hybridized carbons (Fsp3) is 0.463. The number of methoxy groups -OCH3 is 1. The van der Waals surface area contributed by atoms with Gasteiger partial charge in [0, 0.05) is 53.8 Å². The van der Waals surface area contributed by atoms with Crippen LogP contribution in [0.2, 0.25) is 0 Å². The van der Waals surface area contributed by atoms with Gasteiger partial charge >= 0.3 is 30.3 Å². The van der Waals surface area contributed by atoms with E-state index < -0.39 is 75.3 Å². The van der Waals surface area contributed by atoms with Crippen LogP contribution in [0.25, 0.3) is 0 Å². The summed E-state index contributed by atoms with van der Waals surface area (Å²) in [5, 5.41) is 25.7. The summed E-state index contributed by atoms with van der Waals surface area (Å²) in [5.74, 6) is -2.65. The average Bonchev–Trinajstić information content (AvgIpc) is 3.78. The Morgan fingerprint density at radius 1 is 0.840 bits per heavy atom. The zero-order valence-electron chi connectivity index (χ0n) is 45.5. The van der Waals surface area contributed by atoms with E-state index in [4.69, 9.17) is 38.3 Å². The molecule has 22 nitrogen and oxygen atoms in total. The number of halogens is 3. The van der Waals surface area contributed by atoms with Crippen molar-refractivity contribution in [1.82, 2.24) is 16.0 Å². The largest absolute Gasteiger partial charge is 0.507 e. The van der Waals surface area contributed by atoms with Gasteiger partial charge in [0.15, 0.2) is 11.6 Å². The predicted octanol–water partition coefficient (Wildman–Crippen LogP) is 6.68. The van der Waals surface area contributed by atoms with Crippen LogP contribution >= 0.6 is 0 Å². The second kappa shape index (κ2) is 30.8. The summed E-state index contributed by atoms with van der Waals surface area (Å²) >= 11 is 0. The third-order valence-electron chi connectivity index (χ3n) is 11.6. The Morgan fingerprint density at radius 2 is 1.48 bits per heavy atom. The number of cyclic esters (lactones) is 1. The molecule has 0 saturated carbocycles. The summed E-state index contributed by atoms with van der Waals surface area (Å²) in [6, 6.07) is 9.20. The van der Waals surface area contributed by atoms with Crippen LogP contribution in [0.4, 0.5) is 22.8 Å². The molecule has 3 aromatic carbocycles. The van der Waals surface area contributed by atoms with Crippen LogP contribution in [0.15, 0.2) is 70.7 Å². The van der Waals surface area contributed by atoms with Crippen molar-refractivity contribution in [1.29, 1.82) is 0 Å². The first-order valence-electron chi connectivity index (χ1n) is 25.0. The number of alkyl halides is 3. The Hall–Kier alpha value is -8.39. The molecule has 0 bridgehead atoms. The Balaban J connectivity index is 0.000000596. The third kappa shape index (κ3) is 21.0. The van der Waals surface area contributed by atoms with Crippen LogP contribution in [0.3, 0.4) is 0 Å². The van der Waals surface area contributed by atoms with E-state index >= 15 is 0 Å². The molecule has 0 fully saturated rings.